The van der Waals surface area contributed by atoms with Crippen molar-refractivity contribution in [1.29, 1.82) is 0 Å². The van der Waals surface area contributed by atoms with Crippen molar-refractivity contribution in [2.45, 2.75) is 64.2 Å². The Bertz CT molecular complexity index is 295. The van der Waals surface area contributed by atoms with E-state index in [2.05, 4.69) is 0 Å². The van der Waals surface area contributed by atoms with Gasteiger partial charge in [0.25, 0.3) is 0 Å². The van der Waals surface area contributed by atoms with E-state index in [9.17, 15) is 9.90 Å². The van der Waals surface area contributed by atoms with E-state index in [1.54, 1.807) is 4.90 Å². The lowest BCUT2D eigenvalue weighted by Crippen LogP contribution is -2.56. The van der Waals surface area contributed by atoms with Crippen LogP contribution in [0.1, 0.15) is 47.0 Å². The van der Waals surface area contributed by atoms with Crippen LogP contribution < -0.4 is 5.73 Å². The molecule has 1 aliphatic rings. The Hall–Kier alpha value is -0.810. The summed E-state index contributed by atoms with van der Waals surface area (Å²) in [7, 11) is 0. The maximum Gasteiger partial charge on any atom is 0.410 e. The number of hydrogen-bond donors (Lipinski definition) is 2. The molecule has 106 valence electrons. The molecule has 1 heterocycles. The first-order valence-electron chi connectivity index (χ1n) is 6.65. The summed E-state index contributed by atoms with van der Waals surface area (Å²) in [5.74, 6) is 0. The minimum absolute atomic E-state index is 0.160. The molecular weight excluding hydrogens is 232 g/mol. The van der Waals surface area contributed by atoms with Crippen LogP contribution in [0.3, 0.4) is 0 Å². The van der Waals surface area contributed by atoms with Crippen LogP contribution in [-0.2, 0) is 4.74 Å². The fourth-order valence-electron chi connectivity index (χ4n) is 2.38. The first-order chi connectivity index (χ1) is 8.23. The molecule has 1 amide bonds. The number of aliphatic hydroxyl groups is 1. The Morgan fingerprint density at radius 3 is 2.56 bits per heavy atom. The van der Waals surface area contributed by atoms with Crippen LogP contribution in [0.15, 0.2) is 0 Å². The highest BCUT2D eigenvalue weighted by Gasteiger charge is 2.43. The zero-order chi connectivity index (χ0) is 14.0. The van der Waals surface area contributed by atoms with Crippen LogP contribution in [0.4, 0.5) is 4.79 Å². The van der Waals surface area contributed by atoms with Gasteiger partial charge in [-0.25, -0.2) is 4.79 Å². The molecule has 2 atom stereocenters. The van der Waals surface area contributed by atoms with E-state index in [4.69, 9.17) is 10.5 Å². The second-order valence-corrected chi connectivity index (χ2v) is 5.99. The number of ether oxygens (including phenoxy) is 1. The number of rotatable bonds is 3. The van der Waals surface area contributed by atoms with Crippen molar-refractivity contribution in [1.82, 2.24) is 4.90 Å². The van der Waals surface area contributed by atoms with Gasteiger partial charge in [0.1, 0.15) is 5.60 Å². The summed E-state index contributed by atoms with van der Waals surface area (Å²) in [6.45, 7) is 8.19. The summed E-state index contributed by atoms with van der Waals surface area (Å²) in [6.07, 6.45) is 1.84. The van der Waals surface area contributed by atoms with Gasteiger partial charge in [0.15, 0.2) is 0 Å². The summed E-state index contributed by atoms with van der Waals surface area (Å²) in [4.78, 5) is 13.7. The van der Waals surface area contributed by atoms with Crippen LogP contribution in [0.5, 0.6) is 0 Å². The molecule has 1 aliphatic heterocycles. The molecule has 0 aromatic carbocycles. The quantitative estimate of drug-likeness (QED) is 0.804. The zero-order valence-electron chi connectivity index (χ0n) is 11.9. The van der Waals surface area contributed by atoms with Gasteiger partial charge in [0, 0.05) is 13.1 Å². The summed E-state index contributed by atoms with van der Waals surface area (Å²) >= 11 is 0. The average molecular weight is 258 g/mol. The molecule has 0 radical (unpaired) electrons. The molecule has 0 aromatic rings. The minimum atomic E-state index is -1.01. The monoisotopic (exact) mass is 258 g/mol. The highest BCUT2D eigenvalue weighted by molar-refractivity contribution is 5.69. The lowest BCUT2D eigenvalue weighted by molar-refractivity contribution is -0.0408. The summed E-state index contributed by atoms with van der Waals surface area (Å²) < 4.78 is 5.37. The molecule has 1 rings (SSSR count). The highest BCUT2D eigenvalue weighted by Crippen LogP contribution is 2.30. The third kappa shape index (κ3) is 3.36. The third-order valence-electron chi connectivity index (χ3n) is 3.47. The Morgan fingerprint density at radius 2 is 2.11 bits per heavy atom. The van der Waals surface area contributed by atoms with Crippen molar-refractivity contribution in [2.75, 3.05) is 13.1 Å². The molecule has 3 N–H and O–H groups in total. The highest BCUT2D eigenvalue weighted by atomic mass is 16.6. The lowest BCUT2D eigenvalue weighted by Gasteiger charge is -2.38. The van der Waals surface area contributed by atoms with Crippen molar-refractivity contribution in [3.05, 3.63) is 0 Å². The number of carbonyl (C=O) groups excluding carboxylic acids is 1. The second-order valence-electron chi connectivity index (χ2n) is 5.99. The first kappa shape index (κ1) is 15.2. The predicted octanol–water partition coefficient (Wildman–Crippen LogP) is 1.49. The van der Waals surface area contributed by atoms with Crippen molar-refractivity contribution in [3.8, 4) is 0 Å². The normalized spacial score (nSPS) is 23.9. The number of hydrogen-bond acceptors (Lipinski definition) is 4. The fourth-order valence-corrected chi connectivity index (χ4v) is 2.38. The maximum absolute atomic E-state index is 12.1. The molecule has 0 aliphatic carbocycles. The lowest BCUT2D eigenvalue weighted by atomic mass is 9.89. The molecule has 0 unspecified atom stereocenters. The van der Waals surface area contributed by atoms with Crippen LogP contribution in [0.2, 0.25) is 0 Å². The molecule has 0 bridgehead atoms. The van der Waals surface area contributed by atoms with Gasteiger partial charge in [0.2, 0.25) is 0 Å². The van der Waals surface area contributed by atoms with Crippen molar-refractivity contribution in [3.63, 3.8) is 0 Å². The summed E-state index contributed by atoms with van der Waals surface area (Å²) in [5.41, 5.74) is 4.14. The molecule has 1 saturated heterocycles. The molecule has 0 saturated carbocycles. The van der Waals surface area contributed by atoms with Gasteiger partial charge in [-0.05, 0) is 40.0 Å². The van der Waals surface area contributed by atoms with E-state index in [0.29, 0.717) is 13.0 Å². The molecule has 0 spiro atoms. The van der Waals surface area contributed by atoms with Crippen LogP contribution in [0.25, 0.3) is 0 Å². The average Bonchev–Trinajstić information content (AvgIpc) is 2.75. The van der Waals surface area contributed by atoms with E-state index < -0.39 is 11.2 Å². The van der Waals surface area contributed by atoms with Gasteiger partial charge >= 0.3 is 6.09 Å². The molecule has 1 fully saturated rings. The number of nitrogens with two attached hydrogens (primary N) is 1. The van der Waals surface area contributed by atoms with Gasteiger partial charge in [0.05, 0.1) is 11.6 Å². The maximum atomic E-state index is 12.1. The van der Waals surface area contributed by atoms with E-state index in [1.807, 2.05) is 27.7 Å². The zero-order valence-corrected chi connectivity index (χ0v) is 11.9. The Morgan fingerprint density at radius 1 is 1.50 bits per heavy atom. The predicted molar refractivity (Wildman–Crippen MR) is 70.3 cm³/mol. The van der Waals surface area contributed by atoms with E-state index in [-0.39, 0.29) is 18.7 Å². The van der Waals surface area contributed by atoms with Gasteiger partial charge in [-0.2, -0.15) is 0 Å². The van der Waals surface area contributed by atoms with E-state index in [1.165, 1.54) is 0 Å². The smallest absolute Gasteiger partial charge is 0.410 e. The van der Waals surface area contributed by atoms with E-state index in [0.717, 1.165) is 12.8 Å². The Balaban J connectivity index is 2.79. The third-order valence-corrected chi connectivity index (χ3v) is 3.47. The van der Waals surface area contributed by atoms with Crippen molar-refractivity contribution < 1.29 is 14.6 Å². The fraction of sp³-hybridized carbons (Fsp3) is 0.923. The SMILES string of the molecule is CC[C@@](O)(CN)[C@H]1CCCN1C(=O)OC(C)(C)C. The minimum Gasteiger partial charge on any atom is -0.444 e. The topological polar surface area (TPSA) is 75.8 Å². The Kier molecular flexibility index (Phi) is 4.61. The number of likely N-dealkylation sites (tertiary alicyclic amines) is 1. The first-order valence-corrected chi connectivity index (χ1v) is 6.65. The molecule has 0 aromatic heterocycles. The van der Waals surface area contributed by atoms with Gasteiger partial charge < -0.3 is 20.5 Å². The summed E-state index contributed by atoms with van der Waals surface area (Å²) in [5, 5.41) is 10.5. The molecular formula is C13H26N2O3. The van der Waals surface area contributed by atoms with Crippen molar-refractivity contribution in [2.24, 2.45) is 5.73 Å². The number of nitrogens with zero attached hydrogens (tertiary/aromatic N) is 1. The van der Waals surface area contributed by atoms with Gasteiger partial charge in [-0.1, -0.05) is 6.92 Å². The molecule has 5 heteroatoms. The van der Waals surface area contributed by atoms with Gasteiger partial charge in [-0.15, -0.1) is 0 Å². The molecule has 5 nitrogen and oxygen atoms in total. The van der Waals surface area contributed by atoms with Crippen molar-refractivity contribution >= 4 is 6.09 Å². The van der Waals surface area contributed by atoms with Crippen LogP contribution in [0, 0.1) is 0 Å². The largest absolute Gasteiger partial charge is 0.444 e. The molecule has 18 heavy (non-hydrogen) atoms. The summed E-state index contributed by atoms with van der Waals surface area (Å²) in [6, 6.07) is -0.234. The van der Waals surface area contributed by atoms with Crippen LogP contribution in [-0.4, -0.2) is 46.4 Å². The second kappa shape index (κ2) is 5.45. The Labute approximate surface area is 109 Å². The van der Waals surface area contributed by atoms with Crippen LogP contribution >= 0.6 is 0 Å². The number of carbonyl (C=O) groups is 1. The number of amides is 1. The standard InChI is InChI=1S/C13H26N2O3/c1-5-13(17,9-14)10-7-6-8-15(10)11(16)18-12(2,3)4/h10,17H,5-9,14H2,1-4H3/t10-,13-/m1/s1. The van der Waals surface area contributed by atoms with E-state index >= 15 is 0 Å². The van der Waals surface area contributed by atoms with Gasteiger partial charge in [-0.3, -0.25) is 0 Å².